The molecule has 166 valence electrons. The Morgan fingerprint density at radius 1 is 1.23 bits per heavy atom. The predicted molar refractivity (Wildman–Crippen MR) is 110 cm³/mol. The number of fused-ring (bicyclic) bond motifs is 1. The van der Waals surface area contributed by atoms with E-state index in [0.29, 0.717) is 11.2 Å². The van der Waals surface area contributed by atoms with Crippen molar-refractivity contribution in [2.75, 3.05) is 18.9 Å². The number of nitrogens with zero attached hydrogens (tertiary/aromatic N) is 4. The molecule has 1 amide bonds. The first-order valence-electron chi connectivity index (χ1n) is 9.52. The van der Waals surface area contributed by atoms with Gasteiger partial charge in [-0.2, -0.15) is 0 Å². The van der Waals surface area contributed by atoms with Crippen molar-refractivity contribution in [3.05, 3.63) is 42.5 Å². The number of carbonyl (C=O) groups excluding carboxylic acids is 1. The first-order chi connectivity index (χ1) is 14.9. The number of nitrogens with one attached hydrogen (secondary N) is 1. The molecule has 0 saturated carbocycles. The number of benzene rings is 1. The Balaban J connectivity index is 1.49. The van der Waals surface area contributed by atoms with Crippen molar-refractivity contribution in [3.8, 4) is 5.75 Å². The van der Waals surface area contributed by atoms with Crippen LogP contribution in [0.3, 0.4) is 0 Å². The summed E-state index contributed by atoms with van der Waals surface area (Å²) in [6.07, 6.45) is 0.877. The van der Waals surface area contributed by atoms with Gasteiger partial charge in [-0.25, -0.2) is 15.0 Å². The topological polar surface area (TPSA) is 195 Å². The molecule has 12 heteroatoms. The molecule has 3 aromatic rings. The summed E-state index contributed by atoms with van der Waals surface area (Å²) in [4.78, 5) is 24.3. The van der Waals surface area contributed by atoms with Crippen LogP contribution in [0.15, 0.2) is 36.9 Å². The average Bonchev–Trinajstić information content (AvgIpc) is 3.18. The number of nitrogens with two attached hydrogens (primary N) is 2. The summed E-state index contributed by atoms with van der Waals surface area (Å²) in [7, 11) is 0. The maximum atomic E-state index is 12.2. The normalized spacial score (nSPS) is 14.3. The molecule has 0 aliphatic rings. The van der Waals surface area contributed by atoms with Gasteiger partial charge in [-0.15, -0.1) is 0 Å². The van der Waals surface area contributed by atoms with Gasteiger partial charge in [0, 0.05) is 6.54 Å². The fraction of sp³-hybridized carbons (Fsp3) is 0.368. The van der Waals surface area contributed by atoms with Crippen LogP contribution in [0.2, 0.25) is 0 Å². The molecule has 0 saturated heterocycles. The van der Waals surface area contributed by atoms with Crippen LogP contribution in [0, 0.1) is 0 Å². The van der Waals surface area contributed by atoms with Crippen LogP contribution in [0.25, 0.3) is 11.2 Å². The Morgan fingerprint density at radius 3 is 2.68 bits per heavy atom. The summed E-state index contributed by atoms with van der Waals surface area (Å²) >= 11 is 0. The summed E-state index contributed by atoms with van der Waals surface area (Å²) in [6.45, 7) is -0.683. The number of phenolic OH excluding ortho intramolecular Hbond substituents is 1. The molecular formula is C19H25N7O5. The molecule has 0 aliphatic carbocycles. The van der Waals surface area contributed by atoms with Gasteiger partial charge >= 0.3 is 0 Å². The third-order valence-corrected chi connectivity index (χ3v) is 4.68. The van der Waals surface area contributed by atoms with Gasteiger partial charge in [0.25, 0.3) is 0 Å². The van der Waals surface area contributed by atoms with Crippen molar-refractivity contribution in [2.24, 2.45) is 5.73 Å². The van der Waals surface area contributed by atoms with Crippen LogP contribution in [0.4, 0.5) is 5.82 Å². The van der Waals surface area contributed by atoms with Crippen molar-refractivity contribution >= 4 is 22.9 Å². The Morgan fingerprint density at radius 2 is 1.97 bits per heavy atom. The number of aromatic hydroxyl groups is 1. The highest BCUT2D eigenvalue weighted by Gasteiger charge is 2.22. The first kappa shape index (κ1) is 22.4. The number of imidazole rings is 1. The van der Waals surface area contributed by atoms with Gasteiger partial charge in [0.15, 0.2) is 11.5 Å². The lowest BCUT2D eigenvalue weighted by Crippen LogP contribution is -2.47. The van der Waals surface area contributed by atoms with Gasteiger partial charge in [0.05, 0.1) is 25.1 Å². The van der Waals surface area contributed by atoms with Crippen molar-refractivity contribution in [1.29, 1.82) is 0 Å². The monoisotopic (exact) mass is 431 g/mol. The number of ether oxygens (including phenoxy) is 1. The number of nitrogen functional groups attached to an aromatic ring is 1. The summed E-state index contributed by atoms with van der Waals surface area (Å²) in [5.74, 6) is -0.106. The molecular weight excluding hydrogens is 406 g/mol. The number of amides is 1. The van der Waals surface area contributed by atoms with E-state index >= 15 is 0 Å². The van der Waals surface area contributed by atoms with E-state index in [-0.39, 0.29) is 31.3 Å². The van der Waals surface area contributed by atoms with Crippen LogP contribution < -0.4 is 16.8 Å². The van der Waals surface area contributed by atoms with Gasteiger partial charge < -0.3 is 36.8 Å². The third kappa shape index (κ3) is 5.64. The number of hydrogen-bond acceptors (Lipinski definition) is 10. The molecule has 2 aromatic heterocycles. The lowest BCUT2D eigenvalue weighted by Gasteiger charge is -2.22. The fourth-order valence-electron chi connectivity index (χ4n) is 2.90. The minimum Gasteiger partial charge on any atom is -0.508 e. The highest BCUT2D eigenvalue weighted by Crippen LogP contribution is 2.15. The lowest BCUT2D eigenvalue weighted by molar-refractivity contribution is -0.124. The van der Waals surface area contributed by atoms with Gasteiger partial charge in [-0.05, 0) is 24.1 Å². The molecule has 0 radical (unpaired) electrons. The number of carbonyl (C=O) groups is 1. The molecule has 2 heterocycles. The molecule has 3 rings (SSSR count). The second kappa shape index (κ2) is 10.1. The number of rotatable bonds is 10. The summed E-state index contributed by atoms with van der Waals surface area (Å²) in [6, 6.07) is 5.53. The number of aromatic nitrogens is 4. The van der Waals surface area contributed by atoms with Crippen LogP contribution in [0.5, 0.6) is 5.75 Å². The highest BCUT2D eigenvalue weighted by atomic mass is 16.5. The van der Waals surface area contributed by atoms with Crippen LogP contribution in [0.1, 0.15) is 5.56 Å². The van der Waals surface area contributed by atoms with Gasteiger partial charge in [0.1, 0.15) is 30.4 Å². The standard InChI is InChI=1S/C19H25N7O5/c20-13(5-11-1-3-12(28)4-2-11)19(30)22-6-14(29)15(7-27)31-10-26-9-25-16-17(21)23-8-24-18(16)26/h1-4,8-9,13-15,27-29H,5-7,10,20H2,(H,22,30)(H2,21,23,24)/t13?,14?,15-/m1/s1. The van der Waals surface area contributed by atoms with Gasteiger partial charge in [-0.1, -0.05) is 12.1 Å². The minimum absolute atomic E-state index is 0.0520. The van der Waals surface area contributed by atoms with Crippen molar-refractivity contribution in [3.63, 3.8) is 0 Å². The van der Waals surface area contributed by atoms with Crippen LogP contribution in [-0.4, -0.2) is 72.1 Å². The second-order valence-electron chi connectivity index (χ2n) is 6.95. The third-order valence-electron chi connectivity index (χ3n) is 4.68. The zero-order valence-electron chi connectivity index (χ0n) is 16.6. The SMILES string of the molecule is Nc1ncnc2c1ncn2CO[C@H](CO)C(O)CNC(=O)C(N)Cc1ccc(O)cc1. The molecule has 8 N–H and O–H groups in total. The summed E-state index contributed by atoms with van der Waals surface area (Å²) in [5.41, 5.74) is 13.3. The molecule has 0 spiro atoms. The maximum Gasteiger partial charge on any atom is 0.237 e. The van der Waals surface area contributed by atoms with E-state index < -0.39 is 30.8 Å². The molecule has 12 nitrogen and oxygen atoms in total. The van der Waals surface area contributed by atoms with E-state index in [1.54, 1.807) is 16.7 Å². The van der Waals surface area contributed by atoms with E-state index in [1.807, 2.05) is 0 Å². The summed E-state index contributed by atoms with van der Waals surface area (Å²) < 4.78 is 7.11. The summed E-state index contributed by atoms with van der Waals surface area (Å²) in [5, 5.41) is 31.7. The molecule has 31 heavy (non-hydrogen) atoms. The van der Waals surface area contributed by atoms with Crippen molar-refractivity contribution < 1.29 is 24.9 Å². The Labute approximate surface area is 177 Å². The molecule has 1 aromatic carbocycles. The van der Waals surface area contributed by atoms with E-state index in [2.05, 4.69) is 20.3 Å². The molecule has 0 aliphatic heterocycles. The van der Waals surface area contributed by atoms with Gasteiger partial charge in [-0.3, -0.25) is 9.36 Å². The first-order valence-corrected chi connectivity index (χ1v) is 9.52. The van der Waals surface area contributed by atoms with Crippen LogP contribution >= 0.6 is 0 Å². The Bertz CT molecular complexity index is 1010. The highest BCUT2D eigenvalue weighted by molar-refractivity contribution is 5.82. The number of aliphatic hydroxyl groups excluding tert-OH is 2. The van der Waals surface area contributed by atoms with Crippen molar-refractivity contribution in [2.45, 2.75) is 31.4 Å². The number of anilines is 1. The quantitative estimate of drug-likeness (QED) is 0.220. The Kier molecular flexibility index (Phi) is 7.31. The van der Waals surface area contributed by atoms with E-state index in [1.165, 1.54) is 24.8 Å². The second-order valence-corrected chi connectivity index (χ2v) is 6.95. The average molecular weight is 431 g/mol. The van der Waals surface area contributed by atoms with Gasteiger partial charge in [0.2, 0.25) is 5.91 Å². The zero-order valence-corrected chi connectivity index (χ0v) is 16.6. The number of hydrogen-bond donors (Lipinski definition) is 6. The van der Waals surface area contributed by atoms with E-state index in [9.17, 15) is 20.1 Å². The van der Waals surface area contributed by atoms with Crippen molar-refractivity contribution in [1.82, 2.24) is 24.8 Å². The van der Waals surface area contributed by atoms with Crippen LogP contribution in [-0.2, 0) is 22.7 Å². The predicted octanol–water partition coefficient (Wildman–Crippen LogP) is -1.50. The largest absolute Gasteiger partial charge is 0.508 e. The molecule has 2 unspecified atom stereocenters. The smallest absolute Gasteiger partial charge is 0.237 e. The molecule has 0 bridgehead atoms. The van der Waals surface area contributed by atoms with E-state index in [0.717, 1.165) is 5.56 Å². The Hall–Kier alpha value is -3.32. The fourth-order valence-corrected chi connectivity index (χ4v) is 2.90. The number of phenols is 1. The minimum atomic E-state index is -1.18. The maximum absolute atomic E-state index is 12.2. The molecule has 0 fully saturated rings. The van der Waals surface area contributed by atoms with E-state index in [4.69, 9.17) is 16.2 Å². The zero-order chi connectivity index (χ0) is 22.4. The number of aliphatic hydroxyl groups is 2. The molecule has 3 atom stereocenters. The lowest BCUT2D eigenvalue weighted by atomic mass is 10.1.